The number of thioether (sulfide) groups is 1. The van der Waals surface area contributed by atoms with Gasteiger partial charge in [0.1, 0.15) is 5.03 Å². The summed E-state index contributed by atoms with van der Waals surface area (Å²) in [7, 11) is 0. The first kappa shape index (κ1) is 19.2. The molecule has 1 aromatic heterocycles. The van der Waals surface area contributed by atoms with Gasteiger partial charge in [0.15, 0.2) is 0 Å². The molecule has 0 saturated carbocycles. The molecule has 0 aliphatic heterocycles. The second kappa shape index (κ2) is 8.88. The molecule has 5 nitrogen and oxygen atoms in total. The zero-order valence-electron chi connectivity index (χ0n) is 14.7. The van der Waals surface area contributed by atoms with Gasteiger partial charge in [0.25, 0.3) is 5.91 Å². The van der Waals surface area contributed by atoms with Crippen LogP contribution in [0.15, 0.2) is 59.6 Å². The average molecular weight is 400 g/mol. The molecule has 2 aromatic carbocycles. The predicted molar refractivity (Wildman–Crippen MR) is 109 cm³/mol. The molecular weight excluding hydrogens is 382 g/mol. The van der Waals surface area contributed by atoms with Crippen LogP contribution in [0.2, 0.25) is 5.02 Å². The van der Waals surface area contributed by atoms with Crippen LogP contribution in [0.3, 0.4) is 0 Å². The summed E-state index contributed by atoms with van der Waals surface area (Å²) in [6.07, 6.45) is 0.828. The van der Waals surface area contributed by atoms with Crippen LogP contribution < -0.4 is 10.9 Å². The first-order chi connectivity index (χ1) is 13.1. The van der Waals surface area contributed by atoms with Crippen molar-refractivity contribution in [2.75, 3.05) is 5.75 Å². The van der Waals surface area contributed by atoms with Crippen LogP contribution in [-0.4, -0.2) is 22.6 Å². The average Bonchev–Trinajstić information content (AvgIpc) is 2.70. The third-order valence-corrected chi connectivity index (χ3v) is 5.19. The monoisotopic (exact) mass is 399 g/mol. The quantitative estimate of drug-likeness (QED) is 0.502. The number of aromatic nitrogens is 1. The van der Waals surface area contributed by atoms with Crippen LogP contribution in [-0.2, 0) is 11.2 Å². The van der Waals surface area contributed by atoms with Crippen molar-refractivity contribution in [2.45, 2.75) is 18.4 Å². The summed E-state index contributed by atoms with van der Waals surface area (Å²) in [6, 6.07) is 16.4. The van der Waals surface area contributed by atoms with E-state index in [-0.39, 0.29) is 11.7 Å². The maximum atomic E-state index is 12.1. The first-order valence-electron chi connectivity index (χ1n) is 8.43. The minimum Gasteiger partial charge on any atom is -0.272 e. The van der Waals surface area contributed by atoms with E-state index in [9.17, 15) is 9.59 Å². The van der Waals surface area contributed by atoms with Crippen molar-refractivity contribution in [3.63, 3.8) is 0 Å². The van der Waals surface area contributed by atoms with E-state index < -0.39 is 5.91 Å². The molecular formula is C20H18ClN3O2S. The van der Waals surface area contributed by atoms with Gasteiger partial charge in [-0.25, -0.2) is 4.98 Å². The van der Waals surface area contributed by atoms with E-state index >= 15 is 0 Å². The smallest absolute Gasteiger partial charge is 0.269 e. The lowest BCUT2D eigenvalue weighted by Crippen LogP contribution is -2.42. The van der Waals surface area contributed by atoms with Gasteiger partial charge in [0.2, 0.25) is 5.91 Å². The predicted octanol–water partition coefficient (Wildman–Crippen LogP) is 4.00. The number of carbonyl (C=O) groups excluding carboxylic acids is 2. The number of halogens is 1. The molecule has 0 radical (unpaired) electrons. The molecule has 1 heterocycles. The number of hydrazine groups is 1. The van der Waals surface area contributed by atoms with Crippen molar-refractivity contribution >= 4 is 46.1 Å². The van der Waals surface area contributed by atoms with Gasteiger partial charge in [-0.05, 0) is 48.4 Å². The molecule has 2 amide bonds. The largest absolute Gasteiger partial charge is 0.272 e. The maximum absolute atomic E-state index is 12.1. The Morgan fingerprint density at radius 2 is 1.81 bits per heavy atom. The molecule has 0 atom stereocenters. The minimum absolute atomic E-state index is 0.152. The van der Waals surface area contributed by atoms with Crippen LogP contribution in [0, 0.1) is 0 Å². The van der Waals surface area contributed by atoms with Gasteiger partial charge in [-0.3, -0.25) is 20.4 Å². The summed E-state index contributed by atoms with van der Waals surface area (Å²) in [5.41, 5.74) is 7.22. The number of fused-ring (bicyclic) bond motifs is 1. The topological polar surface area (TPSA) is 71.1 Å². The normalized spacial score (nSPS) is 10.6. The fourth-order valence-electron chi connectivity index (χ4n) is 2.49. The molecule has 0 aliphatic rings. The number of rotatable bonds is 5. The number of nitrogens with one attached hydrogen (secondary N) is 2. The Bertz CT molecular complexity index is 977. The summed E-state index contributed by atoms with van der Waals surface area (Å²) in [4.78, 5) is 28.7. The lowest BCUT2D eigenvalue weighted by molar-refractivity contribution is -0.119. The van der Waals surface area contributed by atoms with Crippen molar-refractivity contribution in [2.24, 2.45) is 0 Å². The number of hydrogen-bond acceptors (Lipinski definition) is 4. The minimum atomic E-state index is -0.400. The van der Waals surface area contributed by atoms with Gasteiger partial charge in [0.05, 0.1) is 11.3 Å². The van der Waals surface area contributed by atoms with Crippen molar-refractivity contribution in [1.82, 2.24) is 15.8 Å². The van der Waals surface area contributed by atoms with E-state index in [0.717, 1.165) is 27.9 Å². The van der Waals surface area contributed by atoms with E-state index in [2.05, 4.69) is 28.8 Å². The Morgan fingerprint density at radius 3 is 2.56 bits per heavy atom. The number of nitrogens with zero attached hydrogens (tertiary/aromatic N) is 1. The fraction of sp³-hybridized carbons (Fsp3) is 0.150. The summed E-state index contributed by atoms with van der Waals surface area (Å²) < 4.78 is 0. The number of amides is 2. The van der Waals surface area contributed by atoms with Crippen LogP contribution in [0.4, 0.5) is 0 Å². The molecule has 3 aromatic rings. The molecule has 0 fully saturated rings. The lowest BCUT2D eigenvalue weighted by Gasteiger charge is -2.10. The summed E-state index contributed by atoms with van der Waals surface area (Å²) in [6.45, 7) is 2.06. The van der Waals surface area contributed by atoms with Gasteiger partial charge in [0, 0.05) is 16.0 Å². The van der Waals surface area contributed by atoms with Crippen molar-refractivity contribution < 1.29 is 9.59 Å². The number of para-hydroxylation sites is 1. The standard InChI is InChI=1S/C20H18ClN3O2S/c1-2-13-11-15-5-3-4-6-17(15)22-20(13)27-12-18(25)23-24-19(26)14-7-9-16(21)10-8-14/h3-11H,2,12H2,1H3,(H,23,25)(H,24,26). The van der Waals surface area contributed by atoms with Gasteiger partial charge in [-0.15, -0.1) is 0 Å². The molecule has 0 aliphatic carbocycles. The first-order valence-corrected chi connectivity index (χ1v) is 9.79. The molecule has 7 heteroatoms. The maximum Gasteiger partial charge on any atom is 0.269 e. The molecule has 2 N–H and O–H groups in total. The highest BCUT2D eigenvalue weighted by Gasteiger charge is 2.11. The number of benzene rings is 2. The number of hydrogen-bond donors (Lipinski definition) is 2. The molecule has 138 valence electrons. The fourth-order valence-corrected chi connectivity index (χ4v) is 3.51. The molecule has 0 bridgehead atoms. The summed E-state index contributed by atoms with van der Waals surface area (Å²) in [5, 5.41) is 2.45. The molecule has 0 spiro atoms. The number of aryl methyl sites for hydroxylation is 1. The Kier molecular flexibility index (Phi) is 6.32. The highest BCUT2D eigenvalue weighted by molar-refractivity contribution is 7.99. The molecule has 0 unspecified atom stereocenters. The number of carbonyl (C=O) groups is 2. The van der Waals surface area contributed by atoms with Gasteiger partial charge in [-0.2, -0.15) is 0 Å². The van der Waals surface area contributed by atoms with Crippen LogP contribution in [0.5, 0.6) is 0 Å². The van der Waals surface area contributed by atoms with Crippen molar-refractivity contribution in [1.29, 1.82) is 0 Å². The van der Waals surface area contributed by atoms with Gasteiger partial charge >= 0.3 is 0 Å². The van der Waals surface area contributed by atoms with Crippen LogP contribution >= 0.6 is 23.4 Å². The second-order valence-corrected chi connectivity index (χ2v) is 7.20. The molecule has 0 saturated heterocycles. The summed E-state index contributed by atoms with van der Waals surface area (Å²) in [5.74, 6) is -0.554. The van der Waals surface area contributed by atoms with Crippen molar-refractivity contribution in [3.8, 4) is 0 Å². The number of pyridine rings is 1. The third kappa shape index (κ3) is 4.99. The van der Waals surface area contributed by atoms with E-state index in [4.69, 9.17) is 11.6 Å². The highest BCUT2D eigenvalue weighted by Crippen LogP contribution is 2.25. The van der Waals surface area contributed by atoms with E-state index in [1.165, 1.54) is 11.8 Å². The van der Waals surface area contributed by atoms with E-state index in [1.54, 1.807) is 24.3 Å². The van der Waals surface area contributed by atoms with Gasteiger partial charge in [-0.1, -0.05) is 48.5 Å². The van der Waals surface area contributed by atoms with Crippen LogP contribution in [0.25, 0.3) is 10.9 Å². The van der Waals surface area contributed by atoms with E-state index in [0.29, 0.717) is 10.6 Å². The van der Waals surface area contributed by atoms with Gasteiger partial charge < -0.3 is 0 Å². The third-order valence-electron chi connectivity index (χ3n) is 3.91. The molecule has 3 rings (SSSR count). The lowest BCUT2D eigenvalue weighted by atomic mass is 10.1. The Hall–Kier alpha value is -2.57. The zero-order chi connectivity index (χ0) is 19.2. The van der Waals surface area contributed by atoms with E-state index in [1.807, 2.05) is 24.3 Å². The Labute approximate surface area is 166 Å². The zero-order valence-corrected chi connectivity index (χ0v) is 16.2. The Balaban J connectivity index is 1.58. The van der Waals surface area contributed by atoms with Crippen molar-refractivity contribution in [3.05, 3.63) is 70.7 Å². The molecule has 27 heavy (non-hydrogen) atoms. The second-order valence-electron chi connectivity index (χ2n) is 5.80. The highest BCUT2D eigenvalue weighted by atomic mass is 35.5. The SMILES string of the molecule is CCc1cc2ccccc2nc1SCC(=O)NNC(=O)c1ccc(Cl)cc1. The van der Waals surface area contributed by atoms with Crippen LogP contribution in [0.1, 0.15) is 22.8 Å². The Morgan fingerprint density at radius 1 is 1.07 bits per heavy atom. The summed E-state index contributed by atoms with van der Waals surface area (Å²) >= 11 is 7.15.